The summed E-state index contributed by atoms with van der Waals surface area (Å²) in [6, 6.07) is 1.54. The van der Waals surface area contributed by atoms with Crippen molar-refractivity contribution in [3.05, 3.63) is 11.8 Å². The van der Waals surface area contributed by atoms with Gasteiger partial charge >= 0.3 is 5.97 Å². The van der Waals surface area contributed by atoms with Gasteiger partial charge in [0.2, 0.25) is 5.88 Å². The van der Waals surface area contributed by atoms with Gasteiger partial charge in [-0.15, -0.1) is 0 Å². The van der Waals surface area contributed by atoms with E-state index in [4.69, 9.17) is 4.74 Å². The van der Waals surface area contributed by atoms with E-state index in [1.807, 2.05) is 6.92 Å². The predicted octanol–water partition coefficient (Wildman–Crippen LogP) is 0.714. The van der Waals surface area contributed by atoms with Gasteiger partial charge in [0.15, 0.2) is 0 Å². The van der Waals surface area contributed by atoms with E-state index in [1.54, 1.807) is 13.0 Å². The number of aromatic hydroxyl groups is 1. The number of esters is 1. The van der Waals surface area contributed by atoms with Crippen molar-refractivity contribution in [1.29, 1.82) is 0 Å². The summed E-state index contributed by atoms with van der Waals surface area (Å²) in [6.07, 6.45) is 0.726. The predicted molar refractivity (Wildman–Crippen MR) is 49.9 cm³/mol. The van der Waals surface area contributed by atoms with Crippen LogP contribution in [0.5, 0.6) is 5.88 Å². The maximum absolute atomic E-state index is 11.1. The Kier molecular flexibility index (Phi) is 3.50. The van der Waals surface area contributed by atoms with Gasteiger partial charge in [-0.1, -0.05) is 6.92 Å². The van der Waals surface area contributed by atoms with Crippen molar-refractivity contribution in [2.24, 2.45) is 0 Å². The zero-order valence-electron chi connectivity index (χ0n) is 8.36. The molecule has 1 rings (SSSR count). The lowest BCUT2D eigenvalue weighted by Gasteiger charge is -2.02. The minimum Gasteiger partial charge on any atom is -0.493 e. The highest BCUT2D eigenvalue weighted by molar-refractivity contribution is 5.69. The van der Waals surface area contributed by atoms with Crippen LogP contribution in [0.15, 0.2) is 6.07 Å². The molecule has 78 valence electrons. The van der Waals surface area contributed by atoms with E-state index in [-0.39, 0.29) is 12.4 Å². The average Bonchev–Trinajstić information content (AvgIpc) is 2.48. The normalized spacial score (nSPS) is 10.1. The van der Waals surface area contributed by atoms with Gasteiger partial charge in [0, 0.05) is 6.07 Å². The summed E-state index contributed by atoms with van der Waals surface area (Å²) >= 11 is 0. The fourth-order valence-electron chi connectivity index (χ4n) is 1.08. The van der Waals surface area contributed by atoms with Gasteiger partial charge in [0.25, 0.3) is 0 Å². The van der Waals surface area contributed by atoms with Crippen molar-refractivity contribution < 1.29 is 14.6 Å². The molecule has 0 aliphatic heterocycles. The molecule has 1 aromatic rings. The number of carbonyl (C=O) groups is 1. The summed E-state index contributed by atoms with van der Waals surface area (Å²) in [7, 11) is 0. The molecule has 5 heteroatoms. The van der Waals surface area contributed by atoms with E-state index < -0.39 is 5.97 Å². The van der Waals surface area contributed by atoms with Gasteiger partial charge in [-0.05, 0) is 13.3 Å². The fourth-order valence-corrected chi connectivity index (χ4v) is 1.08. The smallest absolute Gasteiger partial charge is 0.327 e. The quantitative estimate of drug-likeness (QED) is 0.724. The second-order valence-electron chi connectivity index (χ2n) is 2.81. The zero-order valence-corrected chi connectivity index (χ0v) is 8.36. The van der Waals surface area contributed by atoms with Gasteiger partial charge in [0.1, 0.15) is 6.54 Å². The number of aryl methyl sites for hydroxylation is 1. The third-order valence-electron chi connectivity index (χ3n) is 1.76. The molecule has 0 radical (unpaired) electrons. The molecule has 1 heterocycles. The monoisotopic (exact) mass is 198 g/mol. The third kappa shape index (κ3) is 2.48. The summed E-state index contributed by atoms with van der Waals surface area (Å²) in [5.74, 6) is -0.400. The lowest BCUT2D eigenvalue weighted by molar-refractivity contribution is -0.144. The van der Waals surface area contributed by atoms with Crippen LogP contribution in [0.1, 0.15) is 19.5 Å². The molecule has 1 aromatic heterocycles. The van der Waals surface area contributed by atoms with Crippen LogP contribution in [0, 0.1) is 0 Å². The number of rotatable bonds is 4. The van der Waals surface area contributed by atoms with Crippen molar-refractivity contribution in [1.82, 2.24) is 9.78 Å². The zero-order chi connectivity index (χ0) is 10.6. The van der Waals surface area contributed by atoms with Crippen LogP contribution in [0.4, 0.5) is 0 Å². The molecule has 0 atom stereocenters. The molecule has 0 spiro atoms. The van der Waals surface area contributed by atoms with E-state index in [1.165, 1.54) is 4.68 Å². The molecular weight excluding hydrogens is 184 g/mol. The minimum absolute atomic E-state index is 0.00472. The molecule has 14 heavy (non-hydrogen) atoms. The van der Waals surface area contributed by atoms with E-state index >= 15 is 0 Å². The highest BCUT2D eigenvalue weighted by Crippen LogP contribution is 2.11. The van der Waals surface area contributed by atoms with E-state index in [0.29, 0.717) is 6.61 Å². The molecule has 0 bridgehead atoms. The van der Waals surface area contributed by atoms with Crippen LogP contribution in [-0.4, -0.2) is 27.5 Å². The number of hydrogen-bond acceptors (Lipinski definition) is 4. The number of carbonyl (C=O) groups excluding carboxylic acids is 1. The minimum atomic E-state index is -0.395. The summed E-state index contributed by atoms with van der Waals surface area (Å²) in [4.78, 5) is 11.1. The first-order chi connectivity index (χ1) is 6.67. The largest absolute Gasteiger partial charge is 0.493 e. The molecule has 1 N–H and O–H groups in total. The Morgan fingerprint density at radius 2 is 2.36 bits per heavy atom. The Morgan fingerprint density at radius 1 is 1.64 bits per heavy atom. The maximum atomic E-state index is 11.1. The van der Waals surface area contributed by atoms with Crippen LogP contribution >= 0.6 is 0 Å². The maximum Gasteiger partial charge on any atom is 0.327 e. The van der Waals surface area contributed by atoms with Crippen LogP contribution < -0.4 is 0 Å². The summed E-state index contributed by atoms with van der Waals surface area (Å²) in [5.41, 5.74) is 0.756. The summed E-state index contributed by atoms with van der Waals surface area (Å²) in [6.45, 7) is 3.95. The van der Waals surface area contributed by atoms with Crippen molar-refractivity contribution in [2.75, 3.05) is 6.61 Å². The highest BCUT2D eigenvalue weighted by Gasteiger charge is 2.09. The molecule has 0 saturated heterocycles. The van der Waals surface area contributed by atoms with E-state index in [0.717, 1.165) is 12.1 Å². The second-order valence-corrected chi connectivity index (χ2v) is 2.81. The molecule has 0 amide bonds. The first-order valence-electron chi connectivity index (χ1n) is 4.58. The molecular formula is C9H14N2O3. The van der Waals surface area contributed by atoms with Gasteiger partial charge < -0.3 is 9.84 Å². The Bertz CT molecular complexity index is 320. The van der Waals surface area contributed by atoms with Gasteiger partial charge in [-0.2, -0.15) is 5.10 Å². The molecule has 0 aliphatic rings. The van der Waals surface area contributed by atoms with Gasteiger partial charge in [-0.3, -0.25) is 4.79 Å². The molecule has 0 saturated carbocycles. The number of nitrogens with zero attached hydrogens (tertiary/aromatic N) is 2. The van der Waals surface area contributed by atoms with Crippen LogP contribution in [-0.2, 0) is 22.5 Å². The van der Waals surface area contributed by atoms with Crippen LogP contribution in [0.3, 0.4) is 0 Å². The topological polar surface area (TPSA) is 64.4 Å². The molecule has 0 aromatic carbocycles. The van der Waals surface area contributed by atoms with Crippen molar-refractivity contribution >= 4 is 5.97 Å². The van der Waals surface area contributed by atoms with Crippen molar-refractivity contribution in [3.63, 3.8) is 0 Å². The number of hydrogen-bond donors (Lipinski definition) is 1. The van der Waals surface area contributed by atoms with E-state index in [2.05, 4.69) is 5.10 Å². The first-order valence-corrected chi connectivity index (χ1v) is 4.58. The molecule has 5 nitrogen and oxygen atoms in total. The highest BCUT2D eigenvalue weighted by atomic mass is 16.5. The molecule has 0 unspecified atom stereocenters. The summed E-state index contributed by atoms with van der Waals surface area (Å²) in [5, 5.41) is 13.4. The number of ether oxygens (including phenoxy) is 1. The Hall–Kier alpha value is -1.52. The van der Waals surface area contributed by atoms with Gasteiger partial charge in [0.05, 0.1) is 12.3 Å². The lowest BCUT2D eigenvalue weighted by Crippen LogP contribution is -2.14. The number of aromatic nitrogens is 2. The second kappa shape index (κ2) is 4.64. The Labute approximate surface area is 82.3 Å². The van der Waals surface area contributed by atoms with Crippen LogP contribution in [0.25, 0.3) is 0 Å². The van der Waals surface area contributed by atoms with E-state index in [9.17, 15) is 9.90 Å². The molecule has 0 fully saturated rings. The average molecular weight is 198 g/mol. The summed E-state index contributed by atoms with van der Waals surface area (Å²) < 4.78 is 5.97. The lowest BCUT2D eigenvalue weighted by atomic mass is 10.3. The molecule has 0 aliphatic carbocycles. The van der Waals surface area contributed by atoms with Crippen LogP contribution in [0.2, 0.25) is 0 Å². The van der Waals surface area contributed by atoms with Crippen molar-refractivity contribution in [3.8, 4) is 5.88 Å². The SMILES string of the molecule is CCOC(=O)Cn1nc(CC)cc1O. The standard InChI is InChI=1S/C9H14N2O3/c1-3-7-5-8(12)11(10-7)6-9(13)14-4-2/h5,12H,3-4,6H2,1-2H3. The Morgan fingerprint density at radius 3 is 2.86 bits per heavy atom. The Balaban J connectivity index is 2.66. The van der Waals surface area contributed by atoms with Crippen molar-refractivity contribution in [2.45, 2.75) is 26.8 Å². The van der Waals surface area contributed by atoms with Gasteiger partial charge in [-0.25, -0.2) is 4.68 Å². The first kappa shape index (κ1) is 10.6. The third-order valence-corrected chi connectivity index (χ3v) is 1.76. The fraction of sp³-hybridized carbons (Fsp3) is 0.556.